The summed E-state index contributed by atoms with van der Waals surface area (Å²) in [6.07, 6.45) is 3.06. The van der Waals surface area contributed by atoms with Gasteiger partial charge in [0, 0.05) is 25.3 Å². The predicted molar refractivity (Wildman–Crippen MR) is 95.1 cm³/mol. The average molecular weight is 324 g/mol. The number of hydrogen-bond donors (Lipinski definition) is 1. The van der Waals surface area contributed by atoms with Crippen LogP contribution in [0.25, 0.3) is 0 Å². The van der Waals surface area contributed by atoms with E-state index in [-0.39, 0.29) is 5.91 Å². The molecule has 0 fully saturated rings. The van der Waals surface area contributed by atoms with Crippen molar-refractivity contribution in [2.45, 2.75) is 39.7 Å². The number of unbranched alkanes of at least 4 members (excludes halogenated alkanes) is 1. The number of nitrogens with one attached hydrogen (secondary N) is 1. The van der Waals surface area contributed by atoms with Crippen LogP contribution in [-0.4, -0.2) is 33.9 Å². The van der Waals surface area contributed by atoms with Crippen LogP contribution in [0.4, 0.5) is 5.95 Å². The van der Waals surface area contributed by atoms with Crippen molar-refractivity contribution in [3.05, 3.63) is 52.8 Å². The van der Waals surface area contributed by atoms with Crippen LogP contribution >= 0.6 is 0 Å². The Hall–Kier alpha value is -2.43. The maximum absolute atomic E-state index is 12.9. The van der Waals surface area contributed by atoms with E-state index in [1.54, 1.807) is 6.07 Å². The summed E-state index contributed by atoms with van der Waals surface area (Å²) in [5.41, 5.74) is 3.84. The predicted octanol–water partition coefficient (Wildman–Crippen LogP) is 3.20. The summed E-state index contributed by atoms with van der Waals surface area (Å²) in [5, 5.41) is 3.21. The van der Waals surface area contributed by atoms with Gasteiger partial charge in [0.1, 0.15) is 5.69 Å². The molecule has 0 bridgehead atoms. The summed E-state index contributed by atoms with van der Waals surface area (Å²) >= 11 is 0. The van der Waals surface area contributed by atoms with E-state index in [0.717, 1.165) is 38.0 Å². The van der Waals surface area contributed by atoms with Crippen molar-refractivity contribution in [1.82, 2.24) is 14.9 Å². The van der Waals surface area contributed by atoms with Crippen molar-refractivity contribution >= 4 is 11.9 Å². The van der Waals surface area contributed by atoms with E-state index < -0.39 is 0 Å². The molecule has 5 nitrogen and oxygen atoms in total. The molecule has 2 aromatic rings. The number of nitrogens with zero attached hydrogens (tertiary/aromatic N) is 3. The molecule has 1 N–H and O–H groups in total. The fourth-order valence-corrected chi connectivity index (χ4v) is 2.97. The highest BCUT2D eigenvalue weighted by molar-refractivity contribution is 5.92. The molecule has 0 saturated heterocycles. The quantitative estimate of drug-likeness (QED) is 0.858. The normalized spacial score (nSPS) is 13.5. The summed E-state index contributed by atoms with van der Waals surface area (Å²) in [6.45, 7) is 6.25. The standard InChI is InChI=1S/C19H24N4O/c1-3-4-10-20-19-21-14(2)12-17(22-19)18(24)23-11-9-15-7-5-6-8-16(15)13-23/h5-8,12H,3-4,9-11,13H2,1-2H3,(H,20,21,22). The largest absolute Gasteiger partial charge is 0.354 e. The number of aryl methyl sites for hydroxylation is 1. The number of benzene rings is 1. The fraction of sp³-hybridized carbons (Fsp3) is 0.421. The minimum atomic E-state index is -0.0199. The van der Waals surface area contributed by atoms with E-state index in [0.29, 0.717) is 18.2 Å². The first-order valence-electron chi connectivity index (χ1n) is 8.63. The maximum Gasteiger partial charge on any atom is 0.272 e. The van der Waals surface area contributed by atoms with Gasteiger partial charge in [-0.25, -0.2) is 9.97 Å². The fourth-order valence-electron chi connectivity index (χ4n) is 2.97. The third-order valence-electron chi connectivity index (χ3n) is 4.30. The smallest absolute Gasteiger partial charge is 0.272 e. The summed E-state index contributed by atoms with van der Waals surface area (Å²) in [4.78, 5) is 23.5. The average Bonchev–Trinajstić information content (AvgIpc) is 2.60. The number of rotatable bonds is 5. The summed E-state index contributed by atoms with van der Waals surface area (Å²) in [5.74, 6) is 0.526. The highest BCUT2D eigenvalue weighted by Gasteiger charge is 2.23. The number of anilines is 1. The van der Waals surface area contributed by atoms with Gasteiger partial charge in [0.2, 0.25) is 5.95 Å². The molecular weight excluding hydrogens is 300 g/mol. The topological polar surface area (TPSA) is 58.1 Å². The molecule has 3 rings (SSSR count). The number of hydrogen-bond acceptors (Lipinski definition) is 4. The van der Waals surface area contributed by atoms with Crippen LogP contribution in [0.15, 0.2) is 30.3 Å². The molecule has 1 aliphatic heterocycles. The van der Waals surface area contributed by atoms with Crippen LogP contribution in [0.3, 0.4) is 0 Å². The second-order valence-corrected chi connectivity index (χ2v) is 6.24. The minimum absolute atomic E-state index is 0.0199. The SMILES string of the molecule is CCCCNc1nc(C)cc(C(=O)N2CCc3ccccc3C2)n1. The maximum atomic E-state index is 12.9. The molecule has 0 unspecified atom stereocenters. The van der Waals surface area contributed by atoms with E-state index in [2.05, 4.69) is 40.4 Å². The first-order chi connectivity index (χ1) is 11.7. The monoisotopic (exact) mass is 324 g/mol. The first kappa shape index (κ1) is 16.4. The van der Waals surface area contributed by atoms with Crippen LogP contribution in [0.2, 0.25) is 0 Å². The van der Waals surface area contributed by atoms with Crippen molar-refractivity contribution in [3.63, 3.8) is 0 Å². The van der Waals surface area contributed by atoms with Crippen molar-refractivity contribution in [3.8, 4) is 0 Å². The molecule has 0 radical (unpaired) electrons. The molecule has 5 heteroatoms. The zero-order valence-electron chi connectivity index (χ0n) is 14.4. The number of aromatic nitrogens is 2. The molecule has 24 heavy (non-hydrogen) atoms. The van der Waals surface area contributed by atoms with Gasteiger partial charge in [-0.1, -0.05) is 37.6 Å². The Morgan fingerprint density at radius 1 is 1.25 bits per heavy atom. The van der Waals surface area contributed by atoms with E-state index in [9.17, 15) is 4.79 Å². The zero-order valence-corrected chi connectivity index (χ0v) is 14.4. The number of amides is 1. The number of carbonyl (C=O) groups excluding carboxylic acids is 1. The summed E-state index contributed by atoms with van der Waals surface area (Å²) in [6, 6.07) is 10.1. The second kappa shape index (κ2) is 7.43. The zero-order chi connectivity index (χ0) is 16.9. The summed E-state index contributed by atoms with van der Waals surface area (Å²) in [7, 11) is 0. The molecule has 1 aromatic carbocycles. The van der Waals surface area contributed by atoms with Crippen molar-refractivity contribution in [2.24, 2.45) is 0 Å². The highest BCUT2D eigenvalue weighted by atomic mass is 16.2. The van der Waals surface area contributed by atoms with Gasteiger partial charge >= 0.3 is 0 Å². The van der Waals surface area contributed by atoms with Crippen LogP contribution in [0.1, 0.15) is 47.1 Å². The molecule has 1 aliphatic rings. The van der Waals surface area contributed by atoms with Gasteiger partial charge in [0.25, 0.3) is 5.91 Å². The molecule has 1 amide bonds. The number of carbonyl (C=O) groups is 1. The van der Waals surface area contributed by atoms with Gasteiger partial charge in [-0.05, 0) is 37.0 Å². The Kier molecular flexibility index (Phi) is 5.08. The van der Waals surface area contributed by atoms with Gasteiger partial charge < -0.3 is 10.2 Å². The second-order valence-electron chi connectivity index (χ2n) is 6.24. The van der Waals surface area contributed by atoms with Gasteiger partial charge in [-0.3, -0.25) is 4.79 Å². The minimum Gasteiger partial charge on any atom is -0.354 e. The van der Waals surface area contributed by atoms with Crippen molar-refractivity contribution in [2.75, 3.05) is 18.4 Å². The van der Waals surface area contributed by atoms with Crippen LogP contribution in [0, 0.1) is 6.92 Å². The Balaban J connectivity index is 1.75. The van der Waals surface area contributed by atoms with Crippen molar-refractivity contribution in [1.29, 1.82) is 0 Å². The van der Waals surface area contributed by atoms with Crippen LogP contribution < -0.4 is 5.32 Å². The molecular formula is C19H24N4O. The van der Waals surface area contributed by atoms with E-state index >= 15 is 0 Å². The number of fused-ring (bicyclic) bond motifs is 1. The highest BCUT2D eigenvalue weighted by Crippen LogP contribution is 2.20. The van der Waals surface area contributed by atoms with Gasteiger partial charge in [0.05, 0.1) is 0 Å². The van der Waals surface area contributed by atoms with E-state index in [1.165, 1.54) is 11.1 Å². The molecule has 0 atom stereocenters. The third-order valence-corrected chi connectivity index (χ3v) is 4.30. The lowest BCUT2D eigenvalue weighted by Crippen LogP contribution is -2.36. The lowest BCUT2D eigenvalue weighted by Gasteiger charge is -2.28. The molecule has 126 valence electrons. The molecule has 0 spiro atoms. The molecule has 0 saturated carbocycles. The van der Waals surface area contributed by atoms with Crippen LogP contribution in [-0.2, 0) is 13.0 Å². The van der Waals surface area contributed by atoms with Gasteiger partial charge in [-0.15, -0.1) is 0 Å². The third kappa shape index (κ3) is 3.72. The van der Waals surface area contributed by atoms with E-state index in [4.69, 9.17) is 0 Å². The Labute approximate surface area is 143 Å². The molecule has 1 aromatic heterocycles. The Bertz CT molecular complexity index is 729. The van der Waals surface area contributed by atoms with Crippen molar-refractivity contribution < 1.29 is 4.79 Å². The van der Waals surface area contributed by atoms with Crippen LogP contribution in [0.5, 0.6) is 0 Å². The van der Waals surface area contributed by atoms with Gasteiger partial charge in [0.15, 0.2) is 0 Å². The Morgan fingerprint density at radius 3 is 2.83 bits per heavy atom. The molecule has 2 heterocycles. The Morgan fingerprint density at radius 2 is 2.04 bits per heavy atom. The summed E-state index contributed by atoms with van der Waals surface area (Å²) < 4.78 is 0. The molecule has 0 aliphatic carbocycles. The first-order valence-corrected chi connectivity index (χ1v) is 8.63. The van der Waals surface area contributed by atoms with E-state index in [1.807, 2.05) is 17.9 Å². The lowest BCUT2D eigenvalue weighted by atomic mass is 10.00. The van der Waals surface area contributed by atoms with Gasteiger partial charge in [-0.2, -0.15) is 0 Å². The lowest BCUT2D eigenvalue weighted by molar-refractivity contribution is 0.0728.